The molecule has 0 atom stereocenters. The van der Waals surface area contributed by atoms with Crippen molar-refractivity contribution in [3.63, 3.8) is 0 Å². The van der Waals surface area contributed by atoms with E-state index in [0.29, 0.717) is 11.1 Å². The number of para-hydroxylation sites is 1. The third-order valence-electron chi connectivity index (χ3n) is 4.14. The van der Waals surface area contributed by atoms with Crippen molar-refractivity contribution in [2.45, 2.75) is 39.0 Å². The summed E-state index contributed by atoms with van der Waals surface area (Å²) >= 11 is 1.20. The van der Waals surface area contributed by atoms with Crippen molar-refractivity contribution in [2.24, 2.45) is 0 Å². The fraction of sp³-hybridized carbons (Fsp3) is 0.286. The number of carbonyl (C=O) groups is 1. The minimum absolute atomic E-state index is 0.114. The molecule has 2 aromatic carbocycles. The van der Waals surface area contributed by atoms with E-state index < -0.39 is 0 Å². The molecule has 0 spiro atoms. The summed E-state index contributed by atoms with van der Waals surface area (Å²) in [6.07, 6.45) is 0.858. The van der Waals surface area contributed by atoms with Crippen molar-refractivity contribution in [2.75, 3.05) is 11.1 Å². The van der Waals surface area contributed by atoms with Gasteiger partial charge in [-0.1, -0.05) is 49.0 Å². The van der Waals surface area contributed by atoms with Gasteiger partial charge in [0.05, 0.1) is 5.75 Å². The summed E-state index contributed by atoms with van der Waals surface area (Å²) in [6, 6.07) is 13.8. The van der Waals surface area contributed by atoms with Crippen LogP contribution < -0.4 is 10.1 Å². The lowest BCUT2D eigenvalue weighted by Gasteiger charge is -2.08. The zero-order chi connectivity index (χ0) is 19.9. The normalized spacial score (nSPS) is 10.7. The first kappa shape index (κ1) is 19.9. The number of hydrogen-bond acceptors (Lipinski definition) is 6. The first-order valence-electron chi connectivity index (χ1n) is 9.08. The van der Waals surface area contributed by atoms with Gasteiger partial charge in [0.2, 0.25) is 5.91 Å². The number of amides is 1. The van der Waals surface area contributed by atoms with Gasteiger partial charge >= 0.3 is 0 Å². The van der Waals surface area contributed by atoms with Gasteiger partial charge in [-0.05, 0) is 49.1 Å². The Morgan fingerprint density at radius 3 is 2.82 bits per heavy atom. The van der Waals surface area contributed by atoms with E-state index in [-0.39, 0.29) is 18.3 Å². The number of nitrogens with one attached hydrogen (secondary N) is 1. The lowest BCUT2D eigenvalue weighted by molar-refractivity contribution is -0.113. The van der Waals surface area contributed by atoms with Crippen molar-refractivity contribution in [3.8, 4) is 5.75 Å². The van der Waals surface area contributed by atoms with Crippen LogP contribution in [0.25, 0.3) is 0 Å². The Labute approximate surface area is 168 Å². The number of rotatable bonds is 8. The van der Waals surface area contributed by atoms with E-state index in [0.717, 1.165) is 34.5 Å². The molecule has 1 heterocycles. The van der Waals surface area contributed by atoms with Gasteiger partial charge < -0.3 is 14.5 Å². The van der Waals surface area contributed by atoms with Crippen molar-refractivity contribution in [1.29, 1.82) is 0 Å². The summed E-state index contributed by atoms with van der Waals surface area (Å²) in [5, 5.41) is 11.2. The van der Waals surface area contributed by atoms with Crippen LogP contribution in [-0.4, -0.2) is 21.9 Å². The predicted molar refractivity (Wildman–Crippen MR) is 110 cm³/mol. The molecule has 1 N–H and O–H groups in total. The second kappa shape index (κ2) is 9.41. The highest BCUT2D eigenvalue weighted by molar-refractivity contribution is 7.99. The van der Waals surface area contributed by atoms with Gasteiger partial charge in [-0.25, -0.2) is 0 Å². The Kier molecular flexibility index (Phi) is 6.71. The molecule has 0 unspecified atom stereocenters. The van der Waals surface area contributed by atoms with Gasteiger partial charge in [-0.3, -0.25) is 4.79 Å². The lowest BCUT2D eigenvalue weighted by atomic mass is 10.1. The summed E-state index contributed by atoms with van der Waals surface area (Å²) < 4.78 is 11.3. The maximum Gasteiger partial charge on any atom is 0.277 e. The highest BCUT2D eigenvalue weighted by Crippen LogP contribution is 2.22. The number of benzene rings is 2. The van der Waals surface area contributed by atoms with Crippen LogP contribution in [0.3, 0.4) is 0 Å². The Bertz CT molecular complexity index is 956. The fourth-order valence-electron chi connectivity index (χ4n) is 2.62. The molecule has 0 saturated heterocycles. The van der Waals surface area contributed by atoms with Gasteiger partial charge in [0.25, 0.3) is 11.1 Å². The molecule has 0 fully saturated rings. The van der Waals surface area contributed by atoms with E-state index in [1.54, 1.807) is 0 Å². The van der Waals surface area contributed by atoms with Crippen molar-refractivity contribution >= 4 is 23.4 Å². The fourth-order valence-corrected chi connectivity index (χ4v) is 3.20. The molecule has 0 saturated carbocycles. The van der Waals surface area contributed by atoms with Crippen LogP contribution in [0.4, 0.5) is 5.69 Å². The maximum atomic E-state index is 12.2. The maximum absolute atomic E-state index is 12.2. The average Bonchev–Trinajstić information content (AvgIpc) is 3.15. The van der Waals surface area contributed by atoms with Gasteiger partial charge in [-0.2, -0.15) is 0 Å². The van der Waals surface area contributed by atoms with Crippen molar-refractivity contribution in [1.82, 2.24) is 10.2 Å². The zero-order valence-electron chi connectivity index (χ0n) is 16.2. The number of nitrogens with zero attached hydrogens (tertiary/aromatic N) is 2. The topological polar surface area (TPSA) is 77.2 Å². The third-order valence-corrected chi connectivity index (χ3v) is 4.96. The molecular formula is C21H23N3O3S. The van der Waals surface area contributed by atoms with Crippen LogP contribution in [0.2, 0.25) is 0 Å². The van der Waals surface area contributed by atoms with E-state index in [1.165, 1.54) is 11.8 Å². The SMILES string of the molecule is CCc1ccccc1NC(=O)CSc1nnc(COc2cc(C)ccc2C)o1. The third kappa shape index (κ3) is 5.36. The predicted octanol–water partition coefficient (Wildman–Crippen LogP) is 4.56. The second-order valence-corrected chi connectivity index (χ2v) is 7.29. The van der Waals surface area contributed by atoms with Crippen LogP contribution in [-0.2, 0) is 17.8 Å². The molecule has 1 aromatic heterocycles. The Balaban J connectivity index is 1.50. The highest BCUT2D eigenvalue weighted by Gasteiger charge is 2.12. The zero-order valence-corrected chi connectivity index (χ0v) is 17.0. The monoisotopic (exact) mass is 397 g/mol. The van der Waals surface area contributed by atoms with Gasteiger partial charge in [0.15, 0.2) is 6.61 Å². The van der Waals surface area contributed by atoms with Crippen LogP contribution in [0.5, 0.6) is 5.75 Å². The first-order valence-corrected chi connectivity index (χ1v) is 10.1. The Morgan fingerprint density at radius 2 is 2.00 bits per heavy atom. The number of ether oxygens (including phenoxy) is 1. The Morgan fingerprint density at radius 1 is 1.18 bits per heavy atom. The summed E-state index contributed by atoms with van der Waals surface area (Å²) in [5.74, 6) is 1.25. The van der Waals surface area contributed by atoms with E-state index in [4.69, 9.17) is 9.15 Å². The largest absolute Gasteiger partial charge is 0.484 e. The number of carbonyl (C=O) groups excluding carboxylic acids is 1. The Hall–Kier alpha value is -2.80. The lowest BCUT2D eigenvalue weighted by Crippen LogP contribution is -2.15. The first-order chi connectivity index (χ1) is 13.5. The number of thioether (sulfide) groups is 1. The quantitative estimate of drug-likeness (QED) is 0.562. The van der Waals surface area contributed by atoms with Crippen LogP contribution >= 0.6 is 11.8 Å². The molecule has 7 heteroatoms. The molecule has 0 aliphatic rings. The molecule has 0 bridgehead atoms. The number of aryl methyl sites for hydroxylation is 3. The van der Waals surface area contributed by atoms with Gasteiger partial charge in [0, 0.05) is 5.69 Å². The molecule has 0 aliphatic carbocycles. The van der Waals surface area contributed by atoms with Crippen LogP contribution in [0, 0.1) is 13.8 Å². The minimum Gasteiger partial charge on any atom is -0.484 e. The van der Waals surface area contributed by atoms with Gasteiger partial charge in [-0.15, -0.1) is 10.2 Å². The van der Waals surface area contributed by atoms with Crippen molar-refractivity contribution < 1.29 is 13.9 Å². The van der Waals surface area contributed by atoms with E-state index in [2.05, 4.69) is 22.4 Å². The molecule has 28 heavy (non-hydrogen) atoms. The summed E-state index contributed by atoms with van der Waals surface area (Å²) in [7, 11) is 0. The standard InChI is InChI=1S/C21H23N3O3S/c1-4-16-7-5-6-8-17(16)22-19(25)13-28-21-24-23-20(27-21)12-26-18-11-14(2)9-10-15(18)3/h5-11H,4,12-13H2,1-3H3,(H,22,25). The van der Waals surface area contributed by atoms with Gasteiger partial charge in [0.1, 0.15) is 5.75 Å². The highest BCUT2D eigenvalue weighted by atomic mass is 32.2. The molecule has 6 nitrogen and oxygen atoms in total. The molecule has 3 rings (SSSR count). The molecule has 0 aliphatic heterocycles. The van der Waals surface area contributed by atoms with E-state index in [1.807, 2.05) is 56.3 Å². The summed E-state index contributed by atoms with van der Waals surface area (Å²) in [6.45, 7) is 6.24. The number of anilines is 1. The number of aromatic nitrogens is 2. The number of hydrogen-bond donors (Lipinski definition) is 1. The van der Waals surface area contributed by atoms with Crippen molar-refractivity contribution in [3.05, 3.63) is 65.0 Å². The molecule has 0 radical (unpaired) electrons. The molecule has 1 amide bonds. The molecule has 146 valence electrons. The smallest absolute Gasteiger partial charge is 0.277 e. The molecular weight excluding hydrogens is 374 g/mol. The molecule has 3 aromatic rings. The van der Waals surface area contributed by atoms with Crippen LogP contribution in [0.1, 0.15) is 29.5 Å². The summed E-state index contributed by atoms with van der Waals surface area (Å²) in [5.41, 5.74) is 4.11. The van der Waals surface area contributed by atoms with E-state index in [9.17, 15) is 4.79 Å². The van der Waals surface area contributed by atoms with Crippen LogP contribution in [0.15, 0.2) is 52.1 Å². The summed E-state index contributed by atoms with van der Waals surface area (Å²) in [4.78, 5) is 12.2. The minimum atomic E-state index is -0.114. The second-order valence-electron chi connectivity index (χ2n) is 6.37. The average molecular weight is 398 g/mol. The van der Waals surface area contributed by atoms with E-state index >= 15 is 0 Å².